The zero-order chi connectivity index (χ0) is 38.6. The summed E-state index contributed by atoms with van der Waals surface area (Å²) in [6.07, 6.45) is -6.64. The minimum atomic E-state index is -4.89. The molecule has 0 spiro atoms. The third-order valence-electron chi connectivity index (χ3n) is 9.72. The molecule has 2 saturated heterocycles. The third-order valence-corrected chi connectivity index (χ3v) is 10.7. The van der Waals surface area contributed by atoms with Gasteiger partial charge in [-0.15, -0.1) is 11.3 Å². The summed E-state index contributed by atoms with van der Waals surface area (Å²) in [4.78, 5) is 45.3. The highest BCUT2D eigenvalue weighted by atomic mass is 32.1. The van der Waals surface area contributed by atoms with Crippen molar-refractivity contribution in [3.8, 4) is 11.5 Å². The van der Waals surface area contributed by atoms with Crippen LogP contribution in [0.4, 0.5) is 26.3 Å². The van der Waals surface area contributed by atoms with E-state index in [2.05, 4.69) is 4.98 Å². The zero-order valence-electron chi connectivity index (χ0n) is 28.8. The van der Waals surface area contributed by atoms with Gasteiger partial charge in [0.2, 0.25) is 5.60 Å². The predicted octanol–water partition coefficient (Wildman–Crippen LogP) is 7.12. The normalized spacial score (nSPS) is 20.6. The van der Waals surface area contributed by atoms with Gasteiger partial charge in [0.15, 0.2) is 0 Å². The number of halogens is 6. The number of ether oxygens (including phenoxy) is 2. The summed E-state index contributed by atoms with van der Waals surface area (Å²) in [6.45, 7) is 2.04. The number of para-hydroxylation sites is 1. The van der Waals surface area contributed by atoms with Gasteiger partial charge in [0, 0.05) is 67.4 Å². The molecule has 2 amide bonds. The van der Waals surface area contributed by atoms with Gasteiger partial charge in [-0.3, -0.25) is 19.4 Å². The number of thiophene rings is 1. The lowest BCUT2D eigenvalue weighted by molar-refractivity contribution is -0.161. The second-order valence-corrected chi connectivity index (χ2v) is 14.2. The predicted molar refractivity (Wildman–Crippen MR) is 181 cm³/mol. The van der Waals surface area contributed by atoms with Gasteiger partial charge in [-0.1, -0.05) is 31.5 Å². The van der Waals surface area contributed by atoms with E-state index in [9.17, 15) is 40.7 Å². The average molecular weight is 771 g/mol. The minimum Gasteiger partial charge on any atom is -0.493 e. The van der Waals surface area contributed by atoms with Gasteiger partial charge < -0.3 is 30.1 Å². The molecule has 2 aliphatic rings. The first-order chi connectivity index (χ1) is 25.0. The fourth-order valence-corrected chi connectivity index (χ4v) is 7.83. The molecule has 0 unspecified atom stereocenters. The van der Waals surface area contributed by atoms with Crippen LogP contribution in [0.3, 0.4) is 0 Å². The van der Waals surface area contributed by atoms with Crippen molar-refractivity contribution >= 4 is 29.1 Å². The van der Waals surface area contributed by atoms with Crippen molar-refractivity contribution in [3.63, 3.8) is 0 Å². The number of hydrogen-bond donors (Lipinski definition) is 2. The number of amides is 2. The Hall–Kier alpha value is -4.38. The number of pyridine rings is 1. The van der Waals surface area contributed by atoms with E-state index < -0.39 is 63.3 Å². The zero-order valence-corrected chi connectivity index (χ0v) is 29.7. The molecular formula is C36H40F6N4O6S. The van der Waals surface area contributed by atoms with Gasteiger partial charge in [-0.2, -0.15) is 26.3 Å². The molecule has 3 aromatic rings. The van der Waals surface area contributed by atoms with Crippen LogP contribution in [0.25, 0.3) is 0 Å². The summed E-state index contributed by atoms with van der Waals surface area (Å²) in [6, 6.07) is 7.36. The fraction of sp³-hybridized carbons (Fsp3) is 0.500. The maximum absolute atomic E-state index is 14.9. The van der Waals surface area contributed by atoms with Crippen molar-refractivity contribution in [3.05, 3.63) is 75.7 Å². The number of hydrogen-bond acceptors (Lipinski definition) is 8. The SMILES string of the molecule is CCC[C@H]1N(C(=O)c2cnccc2C(F)(F)F)CCC[C@@]1(Oc1csc(C(F)(F)F)c1)C(=O)N1CCC(N)(c2ccccc2OCCCC(=O)O)CC1. The van der Waals surface area contributed by atoms with Crippen LogP contribution in [0.15, 0.2) is 54.2 Å². The number of carboxylic acids is 1. The van der Waals surface area contributed by atoms with E-state index in [1.807, 2.05) is 0 Å². The first-order valence-corrected chi connectivity index (χ1v) is 18.1. The van der Waals surface area contributed by atoms with E-state index in [4.69, 9.17) is 20.3 Å². The molecule has 2 aromatic heterocycles. The average Bonchev–Trinajstić information content (AvgIpc) is 3.60. The fourth-order valence-electron chi connectivity index (χ4n) is 7.16. The first-order valence-electron chi connectivity index (χ1n) is 17.2. The van der Waals surface area contributed by atoms with Crippen LogP contribution < -0.4 is 15.2 Å². The van der Waals surface area contributed by atoms with Gasteiger partial charge in [0.25, 0.3) is 11.8 Å². The number of aromatic nitrogens is 1. The Kier molecular flexibility index (Phi) is 12.0. The topological polar surface area (TPSA) is 135 Å². The van der Waals surface area contributed by atoms with Crippen LogP contribution in [0.2, 0.25) is 0 Å². The number of aliphatic carboxylic acids is 1. The van der Waals surface area contributed by atoms with Crippen molar-refractivity contribution in [2.24, 2.45) is 5.73 Å². The Morgan fingerprint density at radius 1 is 1.04 bits per heavy atom. The van der Waals surface area contributed by atoms with Crippen LogP contribution in [-0.4, -0.2) is 75.6 Å². The summed E-state index contributed by atoms with van der Waals surface area (Å²) in [5.41, 5.74) is 2.74. The highest BCUT2D eigenvalue weighted by Gasteiger charge is 2.56. The Morgan fingerprint density at radius 2 is 1.75 bits per heavy atom. The first kappa shape index (κ1) is 39.8. The molecule has 2 aliphatic heterocycles. The number of likely N-dealkylation sites (tertiary alicyclic amines) is 2. The summed E-state index contributed by atoms with van der Waals surface area (Å²) in [5.74, 6) is -2.37. The van der Waals surface area contributed by atoms with E-state index in [0.717, 1.165) is 23.8 Å². The lowest BCUT2D eigenvalue weighted by Crippen LogP contribution is -2.69. The van der Waals surface area contributed by atoms with Crippen molar-refractivity contribution in [2.75, 3.05) is 26.2 Å². The quantitative estimate of drug-likeness (QED) is 0.147. The highest BCUT2D eigenvalue weighted by Crippen LogP contribution is 2.44. The standard InChI is InChI=1S/C36H40F6N4O6S/c1-2-7-28-34(52-23-20-29(53-22-23)36(40,41)42,12-6-16-46(28)31(49)24-21-44-15-11-25(24)35(37,38)39)32(50)45-17-13-33(43,14-18-45)26-8-3-4-9-27(26)51-19-5-10-30(47)48/h3-4,8-9,11,15,20-22,28H,2,5-7,10,12-14,16-19,43H2,1H3,(H,47,48)/t28-,34+/m1/s1. The van der Waals surface area contributed by atoms with E-state index in [1.165, 1.54) is 9.80 Å². The van der Waals surface area contributed by atoms with Crippen LogP contribution in [0.5, 0.6) is 11.5 Å². The highest BCUT2D eigenvalue weighted by molar-refractivity contribution is 7.10. The van der Waals surface area contributed by atoms with Crippen LogP contribution in [0.1, 0.15) is 84.7 Å². The van der Waals surface area contributed by atoms with Crippen LogP contribution in [-0.2, 0) is 27.5 Å². The Labute approximate surface area is 305 Å². The molecule has 2 atom stereocenters. The number of benzene rings is 1. The lowest BCUT2D eigenvalue weighted by atomic mass is 9.77. The van der Waals surface area contributed by atoms with Crippen molar-refractivity contribution in [1.29, 1.82) is 0 Å². The number of alkyl halides is 6. The summed E-state index contributed by atoms with van der Waals surface area (Å²) in [7, 11) is 0. The van der Waals surface area contributed by atoms with E-state index in [1.54, 1.807) is 31.2 Å². The molecule has 3 N–H and O–H groups in total. The third kappa shape index (κ3) is 8.72. The summed E-state index contributed by atoms with van der Waals surface area (Å²) in [5, 5.41) is 10.1. The van der Waals surface area contributed by atoms with Crippen molar-refractivity contribution in [1.82, 2.24) is 14.8 Å². The number of rotatable bonds is 12. The minimum absolute atomic E-state index is 0.0199. The Morgan fingerprint density at radius 3 is 2.40 bits per heavy atom. The number of carbonyl (C=O) groups is 3. The van der Waals surface area contributed by atoms with Crippen LogP contribution in [0, 0.1) is 0 Å². The second kappa shape index (κ2) is 15.9. The molecule has 10 nitrogen and oxygen atoms in total. The van der Waals surface area contributed by atoms with Crippen LogP contribution >= 0.6 is 11.3 Å². The smallest absolute Gasteiger partial charge is 0.425 e. The number of nitrogens with zero attached hydrogens (tertiary/aromatic N) is 3. The molecule has 4 heterocycles. The van der Waals surface area contributed by atoms with Gasteiger partial charge in [-0.05, 0) is 44.2 Å². The number of carboxylic acid groups (broad SMARTS) is 1. The van der Waals surface area contributed by atoms with E-state index >= 15 is 0 Å². The van der Waals surface area contributed by atoms with Gasteiger partial charge in [0.05, 0.1) is 23.8 Å². The molecule has 5 rings (SSSR count). The maximum atomic E-state index is 14.9. The molecule has 0 saturated carbocycles. The summed E-state index contributed by atoms with van der Waals surface area (Å²) >= 11 is 0.375. The van der Waals surface area contributed by atoms with E-state index in [-0.39, 0.29) is 76.9 Å². The van der Waals surface area contributed by atoms with Gasteiger partial charge in [-0.25, -0.2) is 0 Å². The molecule has 0 radical (unpaired) electrons. The van der Waals surface area contributed by atoms with Gasteiger partial charge >= 0.3 is 18.3 Å². The molecular weight excluding hydrogens is 730 g/mol. The lowest BCUT2D eigenvalue weighted by Gasteiger charge is -2.51. The molecule has 17 heteroatoms. The number of nitrogens with two attached hydrogens (primary N) is 1. The van der Waals surface area contributed by atoms with Gasteiger partial charge in [0.1, 0.15) is 16.4 Å². The maximum Gasteiger partial charge on any atom is 0.425 e. The van der Waals surface area contributed by atoms with Crippen molar-refractivity contribution in [2.45, 2.75) is 87.8 Å². The van der Waals surface area contributed by atoms with E-state index in [0.29, 0.717) is 35.1 Å². The Bertz CT molecular complexity index is 1780. The van der Waals surface area contributed by atoms with Crippen molar-refractivity contribution < 1.29 is 55.3 Å². The molecule has 2 fully saturated rings. The Balaban J connectivity index is 1.48. The molecule has 0 aliphatic carbocycles. The second-order valence-electron chi connectivity index (χ2n) is 13.3. The largest absolute Gasteiger partial charge is 0.493 e. The molecule has 0 bridgehead atoms. The molecule has 288 valence electrons. The molecule has 53 heavy (non-hydrogen) atoms. The number of carbonyl (C=O) groups excluding carboxylic acids is 2. The summed E-state index contributed by atoms with van der Waals surface area (Å²) < 4.78 is 95.3. The molecule has 1 aromatic carbocycles. The monoisotopic (exact) mass is 770 g/mol. The number of piperidine rings is 2.